The Bertz CT molecular complexity index is 911. The fourth-order valence-electron chi connectivity index (χ4n) is 2.96. The van der Waals surface area contributed by atoms with Gasteiger partial charge in [-0.3, -0.25) is 4.79 Å². The number of ether oxygens (including phenoxy) is 3. The summed E-state index contributed by atoms with van der Waals surface area (Å²) in [6.45, 7) is 0.175. The third-order valence-corrected chi connectivity index (χ3v) is 4.92. The highest BCUT2D eigenvalue weighted by molar-refractivity contribution is 7.79. The molecule has 2 aromatic carbocycles. The normalized spacial score (nSPS) is 16.8. The molecule has 8 nitrogen and oxygen atoms in total. The van der Waals surface area contributed by atoms with Crippen molar-refractivity contribution in [1.29, 1.82) is 0 Å². The first-order valence-electron chi connectivity index (χ1n) is 8.53. The van der Waals surface area contributed by atoms with Crippen LogP contribution in [-0.2, 0) is 11.1 Å². The Labute approximate surface area is 164 Å². The van der Waals surface area contributed by atoms with Crippen LogP contribution in [0.4, 0.5) is 0 Å². The van der Waals surface area contributed by atoms with Crippen LogP contribution in [0.5, 0.6) is 28.7 Å². The largest absolute Gasteiger partial charge is 0.507 e. The quantitative estimate of drug-likeness (QED) is 0.472. The van der Waals surface area contributed by atoms with Gasteiger partial charge in [0.25, 0.3) is 0 Å². The summed E-state index contributed by atoms with van der Waals surface area (Å²) >= 11 is -1.89. The Morgan fingerprint density at radius 2 is 2.00 bits per heavy atom. The molecule has 9 heteroatoms. The highest BCUT2D eigenvalue weighted by Gasteiger charge is 2.31. The molecular weight excluding hydrogens is 388 g/mol. The Balaban J connectivity index is 1.81. The molecular formula is C19H20O8S. The van der Waals surface area contributed by atoms with Crippen molar-refractivity contribution in [2.75, 3.05) is 19.5 Å². The molecule has 2 unspecified atom stereocenters. The van der Waals surface area contributed by atoms with Crippen LogP contribution in [0.2, 0.25) is 0 Å². The molecule has 28 heavy (non-hydrogen) atoms. The summed E-state index contributed by atoms with van der Waals surface area (Å²) in [5.41, 5.74) is 0.673. The minimum absolute atomic E-state index is 0.00878. The number of rotatable bonds is 7. The molecule has 3 N–H and O–H groups in total. The lowest BCUT2D eigenvalue weighted by Crippen LogP contribution is -2.20. The van der Waals surface area contributed by atoms with E-state index in [0.717, 1.165) is 0 Å². The predicted molar refractivity (Wildman–Crippen MR) is 101 cm³/mol. The molecule has 0 spiro atoms. The number of carbonyl (C=O) groups is 1. The molecule has 0 amide bonds. The topological polar surface area (TPSA) is 123 Å². The highest BCUT2D eigenvalue weighted by atomic mass is 32.2. The summed E-state index contributed by atoms with van der Waals surface area (Å²) < 4.78 is 35.8. The van der Waals surface area contributed by atoms with Gasteiger partial charge in [0.1, 0.15) is 28.9 Å². The Hall–Kier alpha value is -2.78. The van der Waals surface area contributed by atoms with Crippen molar-refractivity contribution in [2.45, 2.75) is 18.9 Å². The predicted octanol–water partition coefficient (Wildman–Crippen LogP) is 2.80. The second-order valence-corrected chi connectivity index (χ2v) is 7.26. The number of phenols is 2. The van der Waals surface area contributed by atoms with Crippen molar-refractivity contribution >= 4 is 16.9 Å². The lowest BCUT2D eigenvalue weighted by atomic mass is 9.95. The van der Waals surface area contributed by atoms with E-state index in [9.17, 15) is 19.2 Å². The fourth-order valence-corrected chi connectivity index (χ4v) is 3.33. The molecule has 0 saturated carbocycles. The van der Waals surface area contributed by atoms with Gasteiger partial charge in [-0.1, -0.05) is 6.07 Å². The summed E-state index contributed by atoms with van der Waals surface area (Å²) in [6, 6.07) is 7.55. The second-order valence-electron chi connectivity index (χ2n) is 6.21. The van der Waals surface area contributed by atoms with E-state index in [2.05, 4.69) is 0 Å². The van der Waals surface area contributed by atoms with Crippen LogP contribution in [0.1, 0.15) is 34.9 Å². The van der Waals surface area contributed by atoms with Crippen LogP contribution in [0, 0.1) is 0 Å². The van der Waals surface area contributed by atoms with E-state index < -0.39 is 17.2 Å². The Morgan fingerprint density at radius 3 is 2.68 bits per heavy atom. The third-order valence-electron chi connectivity index (χ3n) is 4.28. The van der Waals surface area contributed by atoms with Gasteiger partial charge in [0, 0.05) is 12.1 Å². The van der Waals surface area contributed by atoms with Gasteiger partial charge in [0.05, 0.1) is 25.9 Å². The maximum atomic E-state index is 12.5. The van der Waals surface area contributed by atoms with E-state index in [1.807, 2.05) is 0 Å². The van der Waals surface area contributed by atoms with Crippen molar-refractivity contribution in [2.24, 2.45) is 0 Å². The standard InChI is InChI=1S/C19H20O8S/c1-25-16-4-3-11(7-13(16)20)17-10-15(22)19-14(21)8-12(9-18(19)27-17)26-5-2-6-28(23)24/h3-4,7-9,17,20-21H,2,5-6,10H2,1H3,(H,23,24). The number of hydrogen-bond donors (Lipinski definition) is 3. The molecule has 2 atom stereocenters. The second kappa shape index (κ2) is 8.49. The van der Waals surface area contributed by atoms with Gasteiger partial charge in [0.2, 0.25) is 0 Å². The fraction of sp³-hybridized carbons (Fsp3) is 0.316. The first-order chi connectivity index (χ1) is 13.4. The molecule has 0 bridgehead atoms. The summed E-state index contributed by atoms with van der Waals surface area (Å²) in [6.07, 6.45) is -0.271. The number of Topliss-reactive ketones (excluding diaryl/α,β-unsaturated/α-hetero) is 1. The Kier molecular flexibility index (Phi) is 6.05. The van der Waals surface area contributed by atoms with Crippen molar-refractivity contribution in [3.05, 3.63) is 41.5 Å². The van der Waals surface area contributed by atoms with Gasteiger partial charge in [-0.05, 0) is 24.1 Å². The van der Waals surface area contributed by atoms with Crippen LogP contribution in [0.15, 0.2) is 30.3 Å². The molecule has 3 rings (SSSR count). The molecule has 0 aliphatic carbocycles. The number of ketones is 1. The van der Waals surface area contributed by atoms with E-state index in [1.54, 1.807) is 12.1 Å². The minimum atomic E-state index is -1.89. The first kappa shape index (κ1) is 20.0. The van der Waals surface area contributed by atoms with Crippen molar-refractivity contribution < 1.29 is 38.0 Å². The lowest BCUT2D eigenvalue weighted by Gasteiger charge is -2.26. The number of carbonyl (C=O) groups excluding carboxylic acids is 1. The van der Waals surface area contributed by atoms with Gasteiger partial charge in [0.15, 0.2) is 28.4 Å². The summed E-state index contributed by atoms with van der Waals surface area (Å²) in [5, 5.41) is 20.2. The lowest BCUT2D eigenvalue weighted by molar-refractivity contribution is 0.0844. The maximum absolute atomic E-state index is 12.5. The first-order valence-corrected chi connectivity index (χ1v) is 9.80. The summed E-state index contributed by atoms with van der Waals surface area (Å²) in [5.74, 6) is 0.241. The van der Waals surface area contributed by atoms with Gasteiger partial charge < -0.3 is 29.0 Å². The average Bonchev–Trinajstić information content (AvgIpc) is 2.64. The van der Waals surface area contributed by atoms with E-state index in [-0.39, 0.29) is 53.1 Å². The molecule has 0 radical (unpaired) electrons. The van der Waals surface area contributed by atoms with Gasteiger partial charge in [-0.2, -0.15) is 0 Å². The zero-order chi connectivity index (χ0) is 20.3. The number of methoxy groups -OCH3 is 1. The molecule has 1 aliphatic heterocycles. The number of aromatic hydroxyl groups is 2. The molecule has 0 fully saturated rings. The third kappa shape index (κ3) is 4.37. The molecule has 0 saturated heterocycles. The van der Waals surface area contributed by atoms with E-state index in [4.69, 9.17) is 18.8 Å². The van der Waals surface area contributed by atoms with Crippen molar-refractivity contribution in [1.82, 2.24) is 0 Å². The zero-order valence-corrected chi connectivity index (χ0v) is 15.9. The van der Waals surface area contributed by atoms with E-state index in [0.29, 0.717) is 17.7 Å². The molecule has 1 heterocycles. The van der Waals surface area contributed by atoms with Crippen LogP contribution in [0.25, 0.3) is 0 Å². The SMILES string of the molecule is COc1ccc(C2CC(=O)c3c(O)cc(OCCCS(=O)O)cc3O2)cc1O. The Morgan fingerprint density at radius 1 is 1.21 bits per heavy atom. The smallest absolute Gasteiger partial charge is 0.174 e. The molecule has 0 aromatic heterocycles. The molecule has 1 aliphatic rings. The molecule has 150 valence electrons. The van der Waals surface area contributed by atoms with Crippen LogP contribution < -0.4 is 14.2 Å². The van der Waals surface area contributed by atoms with Crippen LogP contribution in [-0.4, -0.2) is 44.2 Å². The number of phenolic OH excluding ortho intramolecular Hbond substituents is 2. The van der Waals surface area contributed by atoms with Gasteiger partial charge in [-0.15, -0.1) is 0 Å². The number of hydrogen-bond acceptors (Lipinski definition) is 7. The van der Waals surface area contributed by atoms with Gasteiger partial charge >= 0.3 is 0 Å². The average molecular weight is 408 g/mol. The minimum Gasteiger partial charge on any atom is -0.507 e. The van der Waals surface area contributed by atoms with Crippen molar-refractivity contribution in [3.63, 3.8) is 0 Å². The van der Waals surface area contributed by atoms with Gasteiger partial charge in [-0.25, -0.2) is 4.21 Å². The highest BCUT2D eigenvalue weighted by Crippen LogP contribution is 2.42. The maximum Gasteiger partial charge on any atom is 0.174 e. The number of benzene rings is 2. The molecule has 2 aromatic rings. The van der Waals surface area contributed by atoms with E-state index >= 15 is 0 Å². The summed E-state index contributed by atoms with van der Waals surface area (Å²) in [7, 11) is 1.44. The zero-order valence-electron chi connectivity index (χ0n) is 15.1. The van der Waals surface area contributed by atoms with Crippen molar-refractivity contribution in [3.8, 4) is 28.7 Å². The van der Waals surface area contributed by atoms with Crippen LogP contribution in [0.3, 0.4) is 0 Å². The monoisotopic (exact) mass is 408 g/mol. The number of fused-ring (bicyclic) bond motifs is 1. The van der Waals surface area contributed by atoms with Crippen LogP contribution >= 0.6 is 0 Å². The van der Waals surface area contributed by atoms with E-state index in [1.165, 1.54) is 25.3 Å². The summed E-state index contributed by atoms with van der Waals surface area (Å²) in [4.78, 5) is 12.5.